The van der Waals surface area contributed by atoms with Gasteiger partial charge in [-0.25, -0.2) is 0 Å². The summed E-state index contributed by atoms with van der Waals surface area (Å²) < 4.78 is 17.4. The molecule has 220 valence electrons. The lowest BCUT2D eigenvalue weighted by molar-refractivity contribution is -0.147. The summed E-state index contributed by atoms with van der Waals surface area (Å²) in [6.45, 7) is 10.1. The number of nitrogens with zero attached hydrogens (tertiary/aromatic N) is 1. The fourth-order valence-corrected chi connectivity index (χ4v) is 4.35. The van der Waals surface area contributed by atoms with Gasteiger partial charge in [0, 0.05) is 33.5 Å². The van der Waals surface area contributed by atoms with E-state index in [0.717, 1.165) is 90.8 Å². The maximum atomic E-state index is 9.36. The first-order valence-electron chi connectivity index (χ1n) is 15.6. The molecule has 0 saturated heterocycles. The maximum Gasteiger partial charge on any atom is 0.157 e. The summed E-state index contributed by atoms with van der Waals surface area (Å²) in [4.78, 5) is 2.42. The number of allylic oxidation sites excluding steroid dienone is 4. The van der Waals surface area contributed by atoms with Gasteiger partial charge in [0.15, 0.2) is 6.29 Å². The number of rotatable bonds is 30. The molecule has 0 spiro atoms. The van der Waals surface area contributed by atoms with Gasteiger partial charge in [-0.3, -0.25) is 0 Å². The number of ether oxygens (including phenoxy) is 3. The zero-order valence-corrected chi connectivity index (χ0v) is 25.0. The first kappa shape index (κ1) is 36.3. The van der Waals surface area contributed by atoms with E-state index >= 15 is 0 Å². The van der Waals surface area contributed by atoms with Gasteiger partial charge in [-0.15, -0.1) is 0 Å². The summed E-state index contributed by atoms with van der Waals surface area (Å²) in [5.41, 5.74) is 0. The van der Waals surface area contributed by atoms with E-state index in [0.29, 0.717) is 0 Å². The molecule has 0 aromatic rings. The van der Waals surface area contributed by atoms with Gasteiger partial charge >= 0.3 is 0 Å². The van der Waals surface area contributed by atoms with Gasteiger partial charge in [0.2, 0.25) is 0 Å². The molecule has 5 nitrogen and oxygen atoms in total. The van der Waals surface area contributed by atoms with Crippen molar-refractivity contribution >= 4 is 0 Å². The van der Waals surface area contributed by atoms with Crippen LogP contribution in [-0.4, -0.2) is 69.5 Å². The molecule has 0 unspecified atom stereocenters. The minimum absolute atomic E-state index is 0.0458. The monoisotopic (exact) mass is 525 g/mol. The first-order valence-corrected chi connectivity index (χ1v) is 15.6. The van der Waals surface area contributed by atoms with Crippen molar-refractivity contribution in [2.45, 2.75) is 129 Å². The minimum atomic E-state index is -0.0458. The van der Waals surface area contributed by atoms with Gasteiger partial charge in [0.1, 0.15) is 0 Å². The number of aliphatic hydroxyl groups excluding tert-OH is 1. The topological polar surface area (TPSA) is 51.2 Å². The van der Waals surface area contributed by atoms with Gasteiger partial charge in [-0.1, -0.05) is 57.4 Å². The summed E-state index contributed by atoms with van der Waals surface area (Å²) in [5.74, 6) is 0. The maximum absolute atomic E-state index is 9.36. The Bertz CT molecular complexity index is 459. The van der Waals surface area contributed by atoms with Crippen molar-refractivity contribution < 1.29 is 19.3 Å². The van der Waals surface area contributed by atoms with Gasteiger partial charge in [-0.2, -0.15) is 0 Å². The van der Waals surface area contributed by atoms with Crippen molar-refractivity contribution in [2.24, 2.45) is 0 Å². The highest BCUT2D eigenvalue weighted by atomic mass is 16.7. The Morgan fingerprint density at radius 3 is 1.65 bits per heavy atom. The second-order valence-electron chi connectivity index (χ2n) is 10.1. The average Bonchev–Trinajstić information content (AvgIpc) is 2.90. The highest BCUT2D eigenvalue weighted by Crippen LogP contribution is 2.13. The van der Waals surface area contributed by atoms with E-state index in [-0.39, 0.29) is 12.9 Å². The molecule has 0 aliphatic carbocycles. The number of aliphatic hydroxyl groups is 1. The lowest BCUT2D eigenvalue weighted by atomic mass is 10.1. The molecule has 0 radical (unpaired) electrons. The number of methoxy groups -OCH3 is 1. The van der Waals surface area contributed by atoms with Crippen molar-refractivity contribution in [1.29, 1.82) is 0 Å². The third kappa shape index (κ3) is 28.1. The first-order chi connectivity index (χ1) is 18.3. The average molecular weight is 526 g/mol. The van der Waals surface area contributed by atoms with Crippen LogP contribution in [0.2, 0.25) is 0 Å². The third-order valence-corrected chi connectivity index (χ3v) is 6.60. The normalized spacial score (nSPS) is 12.3. The van der Waals surface area contributed by atoms with E-state index in [1.54, 1.807) is 7.11 Å². The van der Waals surface area contributed by atoms with E-state index in [9.17, 15) is 5.11 Å². The molecule has 0 bridgehead atoms. The molecule has 5 heteroatoms. The van der Waals surface area contributed by atoms with E-state index in [1.165, 1.54) is 57.8 Å². The summed E-state index contributed by atoms with van der Waals surface area (Å²) in [5, 5.41) is 9.36. The van der Waals surface area contributed by atoms with E-state index in [2.05, 4.69) is 43.1 Å². The van der Waals surface area contributed by atoms with Crippen LogP contribution >= 0.6 is 0 Å². The Morgan fingerprint density at radius 1 is 0.595 bits per heavy atom. The van der Waals surface area contributed by atoms with Crippen LogP contribution < -0.4 is 0 Å². The van der Waals surface area contributed by atoms with Gasteiger partial charge < -0.3 is 24.2 Å². The molecular weight excluding hydrogens is 462 g/mol. The van der Waals surface area contributed by atoms with Crippen molar-refractivity contribution in [3.63, 3.8) is 0 Å². The van der Waals surface area contributed by atoms with Crippen LogP contribution in [0.5, 0.6) is 0 Å². The second kappa shape index (κ2) is 31.5. The summed E-state index contributed by atoms with van der Waals surface area (Å²) in [6.07, 6.45) is 28.8. The Kier molecular flexibility index (Phi) is 30.9. The molecule has 0 fully saturated rings. The molecule has 0 heterocycles. The largest absolute Gasteiger partial charge is 0.395 e. The van der Waals surface area contributed by atoms with Crippen molar-refractivity contribution in [3.8, 4) is 0 Å². The molecule has 0 amide bonds. The SMILES string of the molecule is CC/C=C\CCCCOC(CCCCCCCN(CCO)CCCCCOC)OCCCC/C=C\CC. The molecular formula is C32H63NO4. The lowest BCUT2D eigenvalue weighted by Gasteiger charge is -2.21. The molecule has 0 aromatic carbocycles. The van der Waals surface area contributed by atoms with Crippen LogP contribution in [0.3, 0.4) is 0 Å². The van der Waals surface area contributed by atoms with E-state index in [4.69, 9.17) is 14.2 Å². The molecule has 1 N–H and O–H groups in total. The van der Waals surface area contributed by atoms with Crippen LogP contribution in [0.25, 0.3) is 0 Å². The zero-order valence-electron chi connectivity index (χ0n) is 25.0. The third-order valence-electron chi connectivity index (χ3n) is 6.60. The zero-order chi connectivity index (χ0) is 27.1. The highest BCUT2D eigenvalue weighted by molar-refractivity contribution is 4.80. The number of hydrogen-bond donors (Lipinski definition) is 1. The summed E-state index contributed by atoms with van der Waals surface area (Å²) in [6, 6.07) is 0. The molecule has 0 aromatic heterocycles. The van der Waals surface area contributed by atoms with Crippen LogP contribution in [0, 0.1) is 0 Å². The van der Waals surface area contributed by atoms with Gasteiger partial charge in [0.05, 0.1) is 6.61 Å². The molecule has 37 heavy (non-hydrogen) atoms. The van der Waals surface area contributed by atoms with Crippen molar-refractivity contribution in [3.05, 3.63) is 24.3 Å². The van der Waals surface area contributed by atoms with Crippen molar-refractivity contribution in [1.82, 2.24) is 4.90 Å². The fraction of sp³-hybridized carbons (Fsp3) is 0.875. The Balaban J connectivity index is 4.06. The summed E-state index contributed by atoms with van der Waals surface area (Å²) >= 11 is 0. The molecule has 0 saturated carbocycles. The van der Waals surface area contributed by atoms with E-state index in [1.807, 2.05) is 0 Å². The van der Waals surface area contributed by atoms with Crippen LogP contribution in [0.1, 0.15) is 123 Å². The highest BCUT2D eigenvalue weighted by Gasteiger charge is 2.09. The smallest absolute Gasteiger partial charge is 0.157 e. The Labute approximate surface area is 231 Å². The standard InChI is InChI=1S/C32H63NO4/c1-4-6-8-10-15-22-30-36-32(37-31-23-16-11-9-7-5-2)24-18-13-12-14-19-25-33(27-28-34)26-20-17-21-29-35-3/h6-9,32,34H,4-5,10-31H2,1-3H3/b8-6-,9-7-. The summed E-state index contributed by atoms with van der Waals surface area (Å²) in [7, 11) is 1.77. The molecule has 0 aliphatic rings. The fourth-order valence-electron chi connectivity index (χ4n) is 4.35. The van der Waals surface area contributed by atoms with Gasteiger partial charge in [0.25, 0.3) is 0 Å². The van der Waals surface area contributed by atoms with Gasteiger partial charge in [-0.05, 0) is 103 Å². The molecule has 0 aliphatic heterocycles. The molecule has 0 atom stereocenters. The second-order valence-corrected chi connectivity index (χ2v) is 10.1. The number of hydrogen-bond acceptors (Lipinski definition) is 5. The number of unbranched alkanes of at least 4 members (excludes halogenated alkanes) is 10. The van der Waals surface area contributed by atoms with Crippen LogP contribution in [0.15, 0.2) is 24.3 Å². The predicted octanol–water partition coefficient (Wildman–Crippen LogP) is 8.07. The quantitative estimate of drug-likeness (QED) is 0.0584. The van der Waals surface area contributed by atoms with E-state index < -0.39 is 0 Å². The van der Waals surface area contributed by atoms with Crippen LogP contribution in [0.4, 0.5) is 0 Å². The Morgan fingerprint density at radius 2 is 1.11 bits per heavy atom. The van der Waals surface area contributed by atoms with Crippen LogP contribution in [-0.2, 0) is 14.2 Å². The van der Waals surface area contributed by atoms with Crippen molar-refractivity contribution in [2.75, 3.05) is 53.2 Å². The lowest BCUT2D eigenvalue weighted by Crippen LogP contribution is -2.29. The predicted molar refractivity (Wildman–Crippen MR) is 159 cm³/mol. The Hall–Kier alpha value is -0.720. The minimum Gasteiger partial charge on any atom is -0.395 e. The molecule has 0 rings (SSSR count).